The second-order valence-electron chi connectivity index (χ2n) is 6.68. The number of nitrogens with one attached hydrogen (secondary N) is 1. The van der Waals surface area contributed by atoms with E-state index in [1.807, 2.05) is 0 Å². The molecule has 2 rings (SSSR count). The van der Waals surface area contributed by atoms with Crippen molar-refractivity contribution in [2.45, 2.75) is 39.2 Å². The number of rotatable bonds is 7. The van der Waals surface area contributed by atoms with E-state index in [1.165, 1.54) is 19.4 Å². The molecule has 1 N–H and O–H groups in total. The lowest BCUT2D eigenvalue weighted by molar-refractivity contribution is -0.147. The Kier molecular flexibility index (Phi) is 5.70. The van der Waals surface area contributed by atoms with E-state index in [2.05, 4.69) is 10.3 Å². The largest absolute Gasteiger partial charge is 0.492 e. The molecule has 1 amide bonds. The fourth-order valence-corrected chi connectivity index (χ4v) is 2.24. The van der Waals surface area contributed by atoms with Crippen LogP contribution in [0.2, 0.25) is 5.02 Å². The third-order valence-corrected chi connectivity index (χ3v) is 4.58. The van der Waals surface area contributed by atoms with Gasteiger partial charge in [-0.05, 0) is 39.5 Å². The van der Waals surface area contributed by atoms with Crippen molar-refractivity contribution in [2.75, 3.05) is 13.7 Å². The van der Waals surface area contributed by atoms with Gasteiger partial charge in [0.2, 0.25) is 0 Å². The zero-order valence-electron chi connectivity index (χ0n) is 14.4. The lowest BCUT2D eigenvalue weighted by atomic mass is 9.89. The molecule has 132 valence electrons. The van der Waals surface area contributed by atoms with Crippen molar-refractivity contribution in [3.8, 4) is 5.75 Å². The molecule has 1 aromatic heterocycles. The summed E-state index contributed by atoms with van der Waals surface area (Å²) in [6.07, 6.45) is 3.72. The molecule has 24 heavy (non-hydrogen) atoms. The lowest BCUT2D eigenvalue weighted by Crippen LogP contribution is -2.51. The van der Waals surface area contributed by atoms with Gasteiger partial charge in [0.1, 0.15) is 16.5 Å². The van der Waals surface area contributed by atoms with Crippen LogP contribution in [0, 0.1) is 11.8 Å². The molecule has 1 aliphatic rings. The van der Waals surface area contributed by atoms with E-state index >= 15 is 0 Å². The Labute approximate surface area is 146 Å². The molecule has 1 atom stereocenters. The van der Waals surface area contributed by atoms with Crippen LogP contribution in [0.1, 0.15) is 44.1 Å². The van der Waals surface area contributed by atoms with E-state index in [0.29, 0.717) is 23.3 Å². The van der Waals surface area contributed by atoms with Gasteiger partial charge in [0.25, 0.3) is 5.91 Å². The highest BCUT2D eigenvalue weighted by atomic mass is 35.5. The van der Waals surface area contributed by atoms with Gasteiger partial charge in [0.15, 0.2) is 0 Å². The average Bonchev–Trinajstić information content (AvgIpc) is 3.36. The van der Waals surface area contributed by atoms with Crippen LogP contribution in [-0.2, 0) is 9.53 Å². The highest BCUT2D eigenvalue weighted by Crippen LogP contribution is 2.31. The van der Waals surface area contributed by atoms with Crippen LogP contribution in [0.4, 0.5) is 0 Å². The Bertz CT molecular complexity index is 629. The van der Waals surface area contributed by atoms with Crippen LogP contribution in [0.25, 0.3) is 0 Å². The van der Waals surface area contributed by atoms with Crippen molar-refractivity contribution < 1.29 is 19.1 Å². The Hall–Kier alpha value is -1.82. The molecule has 1 aromatic rings. The molecule has 6 nitrogen and oxygen atoms in total. The maximum absolute atomic E-state index is 12.5. The van der Waals surface area contributed by atoms with Gasteiger partial charge in [-0.15, -0.1) is 0 Å². The van der Waals surface area contributed by atoms with Crippen LogP contribution in [-0.4, -0.2) is 36.1 Å². The summed E-state index contributed by atoms with van der Waals surface area (Å²) in [7, 11) is 1.32. The van der Waals surface area contributed by atoms with Gasteiger partial charge in [0, 0.05) is 11.6 Å². The normalized spacial score (nSPS) is 15.5. The molecule has 0 saturated heterocycles. The first-order valence-electron chi connectivity index (χ1n) is 7.93. The molecule has 0 aliphatic heterocycles. The van der Waals surface area contributed by atoms with E-state index in [-0.39, 0.29) is 5.69 Å². The lowest BCUT2D eigenvalue weighted by Gasteiger charge is -2.30. The molecular formula is C17H23ClN2O4. The third kappa shape index (κ3) is 4.60. The molecule has 1 unspecified atom stereocenters. The van der Waals surface area contributed by atoms with Gasteiger partial charge in [-0.25, -0.2) is 4.98 Å². The predicted octanol–water partition coefficient (Wildman–Crippen LogP) is 2.84. The number of nitrogens with zero attached hydrogens (tertiary/aromatic N) is 1. The molecular weight excluding hydrogens is 332 g/mol. The number of amides is 1. The molecule has 0 spiro atoms. The first-order chi connectivity index (χ1) is 11.2. The fraction of sp³-hybridized carbons (Fsp3) is 0.588. The number of esters is 1. The molecule has 1 aliphatic carbocycles. The van der Waals surface area contributed by atoms with Crippen molar-refractivity contribution in [1.29, 1.82) is 0 Å². The molecule has 0 bridgehead atoms. The summed E-state index contributed by atoms with van der Waals surface area (Å²) in [6.45, 7) is 5.81. The Morgan fingerprint density at radius 3 is 2.71 bits per heavy atom. The van der Waals surface area contributed by atoms with Crippen LogP contribution in [0.3, 0.4) is 0 Å². The zero-order valence-corrected chi connectivity index (χ0v) is 15.1. The van der Waals surface area contributed by atoms with E-state index in [0.717, 1.165) is 12.8 Å². The number of methoxy groups -OCH3 is 1. The van der Waals surface area contributed by atoms with Crippen LogP contribution in [0.15, 0.2) is 12.3 Å². The van der Waals surface area contributed by atoms with Crippen LogP contribution < -0.4 is 10.1 Å². The highest BCUT2D eigenvalue weighted by molar-refractivity contribution is 6.32. The maximum atomic E-state index is 12.5. The number of carbonyl (C=O) groups excluding carboxylic acids is 2. The average molecular weight is 355 g/mol. The standard InChI is InChI=1S/C17H23ClN2O4/c1-10(16(22)23-4)17(2,3)20-15(21)13-7-14(12(18)8-19-13)24-9-11-5-6-11/h7-8,10-11H,5-6,9H2,1-4H3,(H,20,21). The minimum atomic E-state index is -0.791. The van der Waals surface area contributed by atoms with Gasteiger partial charge in [-0.3, -0.25) is 9.59 Å². The van der Waals surface area contributed by atoms with Crippen LogP contribution in [0.5, 0.6) is 5.75 Å². The third-order valence-electron chi connectivity index (χ3n) is 4.30. The number of ether oxygens (including phenoxy) is 2. The Morgan fingerprint density at radius 1 is 1.46 bits per heavy atom. The fourth-order valence-electron chi connectivity index (χ4n) is 2.08. The summed E-state index contributed by atoms with van der Waals surface area (Å²) in [5.74, 6) is -0.278. The first kappa shape index (κ1) is 18.5. The summed E-state index contributed by atoms with van der Waals surface area (Å²) in [5.41, 5.74) is -0.601. The first-order valence-corrected chi connectivity index (χ1v) is 8.31. The van der Waals surface area contributed by atoms with Crippen molar-refractivity contribution >= 4 is 23.5 Å². The monoisotopic (exact) mass is 354 g/mol. The van der Waals surface area contributed by atoms with Crippen LogP contribution >= 0.6 is 11.6 Å². The van der Waals surface area contributed by atoms with E-state index in [4.69, 9.17) is 21.1 Å². The Morgan fingerprint density at radius 2 is 2.12 bits per heavy atom. The van der Waals surface area contributed by atoms with Gasteiger partial charge in [-0.2, -0.15) is 0 Å². The summed E-state index contributed by atoms with van der Waals surface area (Å²) in [4.78, 5) is 28.2. The summed E-state index contributed by atoms with van der Waals surface area (Å²) in [6, 6.07) is 1.53. The summed E-state index contributed by atoms with van der Waals surface area (Å²) >= 11 is 6.07. The van der Waals surface area contributed by atoms with Crippen molar-refractivity contribution in [1.82, 2.24) is 10.3 Å². The number of aromatic nitrogens is 1. The zero-order chi connectivity index (χ0) is 17.9. The van der Waals surface area contributed by atoms with Gasteiger partial charge in [0.05, 0.1) is 25.8 Å². The van der Waals surface area contributed by atoms with Gasteiger partial charge >= 0.3 is 5.97 Å². The second kappa shape index (κ2) is 7.38. The SMILES string of the molecule is COC(=O)C(C)C(C)(C)NC(=O)c1cc(OCC2CC2)c(Cl)cn1. The molecule has 0 aromatic carbocycles. The molecule has 1 fully saturated rings. The molecule has 1 saturated carbocycles. The molecule has 7 heteroatoms. The van der Waals surface area contributed by atoms with Gasteiger partial charge in [-0.1, -0.05) is 11.6 Å². The van der Waals surface area contributed by atoms with Crippen molar-refractivity contribution in [2.24, 2.45) is 11.8 Å². The number of hydrogen-bond donors (Lipinski definition) is 1. The topological polar surface area (TPSA) is 77.5 Å². The van der Waals surface area contributed by atoms with E-state index < -0.39 is 23.3 Å². The molecule has 0 radical (unpaired) electrons. The quantitative estimate of drug-likeness (QED) is 0.762. The van der Waals surface area contributed by atoms with Crippen molar-refractivity contribution in [3.05, 3.63) is 23.0 Å². The highest BCUT2D eigenvalue weighted by Gasteiger charge is 2.34. The number of pyridine rings is 1. The second-order valence-corrected chi connectivity index (χ2v) is 7.08. The van der Waals surface area contributed by atoms with Gasteiger partial charge < -0.3 is 14.8 Å². The Balaban J connectivity index is 2.08. The predicted molar refractivity (Wildman–Crippen MR) is 90.2 cm³/mol. The van der Waals surface area contributed by atoms with E-state index in [1.54, 1.807) is 20.8 Å². The smallest absolute Gasteiger partial charge is 0.310 e. The summed E-state index contributed by atoms with van der Waals surface area (Å²) in [5, 5.41) is 3.18. The van der Waals surface area contributed by atoms with Crippen molar-refractivity contribution in [3.63, 3.8) is 0 Å². The maximum Gasteiger partial charge on any atom is 0.310 e. The number of carbonyl (C=O) groups is 2. The number of hydrogen-bond acceptors (Lipinski definition) is 5. The minimum Gasteiger partial charge on any atom is -0.492 e. The number of halogens is 1. The van der Waals surface area contributed by atoms with E-state index in [9.17, 15) is 9.59 Å². The molecule has 1 heterocycles. The summed E-state index contributed by atoms with van der Waals surface area (Å²) < 4.78 is 10.4. The minimum absolute atomic E-state index is 0.190.